The standard InChI is InChI=1S/C18H10ClFIN3OS/c19-11-3-6-14(21)13(9-11)17(25)23-16-15(10-1-4-12(20)5-2-10)22-18-24(16)7-8-26-18/h1-9H,(H,23,25). The molecule has 0 radical (unpaired) electrons. The van der Waals surface area contributed by atoms with E-state index in [1.165, 1.54) is 23.5 Å². The van der Waals surface area contributed by atoms with Crippen molar-refractivity contribution in [1.29, 1.82) is 0 Å². The molecule has 2 aromatic carbocycles. The lowest BCUT2D eigenvalue weighted by molar-refractivity contribution is 0.102. The summed E-state index contributed by atoms with van der Waals surface area (Å²) in [6.45, 7) is 0. The van der Waals surface area contributed by atoms with Crippen LogP contribution in [0, 0.1) is 9.39 Å². The van der Waals surface area contributed by atoms with Crippen molar-refractivity contribution in [2.24, 2.45) is 0 Å². The summed E-state index contributed by atoms with van der Waals surface area (Å²) in [5.74, 6) is -0.0734. The van der Waals surface area contributed by atoms with E-state index in [0.717, 1.165) is 14.1 Å². The van der Waals surface area contributed by atoms with E-state index in [2.05, 4.69) is 32.9 Å². The van der Waals surface area contributed by atoms with E-state index in [1.807, 2.05) is 11.6 Å². The molecule has 0 fully saturated rings. The van der Waals surface area contributed by atoms with Gasteiger partial charge in [0.05, 0.1) is 5.56 Å². The highest BCUT2D eigenvalue weighted by Crippen LogP contribution is 2.31. The van der Waals surface area contributed by atoms with Crippen molar-refractivity contribution in [2.75, 3.05) is 5.32 Å². The summed E-state index contributed by atoms with van der Waals surface area (Å²) >= 11 is 9.57. The van der Waals surface area contributed by atoms with E-state index in [9.17, 15) is 9.18 Å². The Morgan fingerprint density at radius 2 is 2.00 bits per heavy atom. The number of nitrogens with one attached hydrogen (secondary N) is 1. The first kappa shape index (κ1) is 17.4. The lowest BCUT2D eigenvalue weighted by atomic mass is 10.1. The SMILES string of the molecule is O=C(Nc1c(-c2ccc(F)cc2)nc2sccn12)c1cc(Cl)ccc1I. The van der Waals surface area contributed by atoms with Gasteiger partial charge in [0.1, 0.15) is 17.3 Å². The molecule has 0 saturated heterocycles. The summed E-state index contributed by atoms with van der Waals surface area (Å²) in [4.78, 5) is 18.1. The van der Waals surface area contributed by atoms with Gasteiger partial charge in [-0.25, -0.2) is 9.37 Å². The minimum atomic E-state index is -0.325. The Kier molecular flexibility index (Phi) is 4.68. The maximum atomic E-state index is 13.3. The predicted molar refractivity (Wildman–Crippen MR) is 111 cm³/mol. The summed E-state index contributed by atoms with van der Waals surface area (Å²) in [6.07, 6.45) is 1.83. The number of rotatable bonds is 3. The van der Waals surface area contributed by atoms with Crippen LogP contribution in [-0.2, 0) is 0 Å². The molecule has 4 aromatic rings. The molecule has 8 heteroatoms. The molecule has 0 bridgehead atoms. The smallest absolute Gasteiger partial charge is 0.257 e. The first-order chi connectivity index (χ1) is 12.5. The van der Waals surface area contributed by atoms with Crippen LogP contribution in [-0.4, -0.2) is 15.3 Å². The highest BCUT2D eigenvalue weighted by Gasteiger charge is 2.19. The fourth-order valence-electron chi connectivity index (χ4n) is 2.56. The van der Waals surface area contributed by atoms with E-state index in [1.54, 1.807) is 34.7 Å². The topological polar surface area (TPSA) is 46.4 Å². The molecule has 0 aliphatic heterocycles. The van der Waals surface area contributed by atoms with Gasteiger partial charge in [-0.15, -0.1) is 11.3 Å². The minimum absolute atomic E-state index is 0.284. The molecular formula is C18H10ClFIN3OS. The van der Waals surface area contributed by atoms with Gasteiger partial charge in [0.25, 0.3) is 5.91 Å². The zero-order valence-corrected chi connectivity index (χ0v) is 16.8. The Hall–Kier alpha value is -1.97. The van der Waals surface area contributed by atoms with E-state index in [0.29, 0.717) is 22.1 Å². The second-order valence-electron chi connectivity index (χ2n) is 5.45. The third kappa shape index (κ3) is 3.22. The number of carbonyl (C=O) groups is 1. The molecule has 0 aliphatic carbocycles. The van der Waals surface area contributed by atoms with E-state index < -0.39 is 0 Å². The number of fused-ring (bicyclic) bond motifs is 1. The quantitative estimate of drug-likeness (QED) is 0.369. The summed E-state index contributed by atoms with van der Waals surface area (Å²) in [6, 6.07) is 11.2. The zero-order chi connectivity index (χ0) is 18.3. The van der Waals surface area contributed by atoms with Gasteiger partial charge in [-0.05, 0) is 65.1 Å². The molecule has 0 spiro atoms. The van der Waals surface area contributed by atoms with Gasteiger partial charge in [0.15, 0.2) is 4.96 Å². The maximum Gasteiger partial charge on any atom is 0.257 e. The molecule has 26 heavy (non-hydrogen) atoms. The van der Waals surface area contributed by atoms with Gasteiger partial charge in [-0.3, -0.25) is 9.20 Å². The van der Waals surface area contributed by atoms with Gasteiger partial charge in [0.2, 0.25) is 0 Å². The molecule has 0 aliphatic rings. The second-order valence-corrected chi connectivity index (χ2v) is 7.92. The number of imidazole rings is 1. The average Bonchev–Trinajstić information content (AvgIpc) is 3.20. The fourth-order valence-corrected chi connectivity index (χ4v) is 4.03. The van der Waals surface area contributed by atoms with Crippen LogP contribution in [0.3, 0.4) is 0 Å². The highest BCUT2D eigenvalue weighted by atomic mass is 127. The Morgan fingerprint density at radius 1 is 1.23 bits per heavy atom. The van der Waals surface area contributed by atoms with Crippen LogP contribution < -0.4 is 5.32 Å². The van der Waals surface area contributed by atoms with Crippen molar-refractivity contribution < 1.29 is 9.18 Å². The molecule has 1 N–H and O–H groups in total. The van der Waals surface area contributed by atoms with Gasteiger partial charge in [-0.1, -0.05) is 11.6 Å². The number of benzene rings is 2. The van der Waals surface area contributed by atoms with Crippen LogP contribution in [0.15, 0.2) is 54.0 Å². The van der Waals surface area contributed by atoms with Gasteiger partial charge in [0, 0.05) is 25.7 Å². The monoisotopic (exact) mass is 497 g/mol. The number of halogens is 3. The van der Waals surface area contributed by atoms with Crippen LogP contribution in [0.1, 0.15) is 10.4 Å². The van der Waals surface area contributed by atoms with Crippen molar-refractivity contribution in [3.63, 3.8) is 0 Å². The van der Waals surface area contributed by atoms with Crippen LogP contribution in [0.5, 0.6) is 0 Å². The minimum Gasteiger partial charge on any atom is -0.306 e. The number of anilines is 1. The van der Waals surface area contributed by atoms with Crippen molar-refractivity contribution in [1.82, 2.24) is 9.38 Å². The number of carbonyl (C=O) groups excluding carboxylic acids is 1. The van der Waals surface area contributed by atoms with Crippen molar-refractivity contribution in [3.8, 4) is 11.3 Å². The lowest BCUT2D eigenvalue weighted by Gasteiger charge is -2.09. The van der Waals surface area contributed by atoms with Crippen LogP contribution >= 0.6 is 45.5 Å². The van der Waals surface area contributed by atoms with Crippen molar-refractivity contribution in [2.45, 2.75) is 0 Å². The summed E-state index contributed by atoms with van der Waals surface area (Å²) in [7, 11) is 0. The number of hydrogen-bond acceptors (Lipinski definition) is 3. The molecule has 1 amide bonds. The third-order valence-electron chi connectivity index (χ3n) is 3.78. The number of amides is 1. The van der Waals surface area contributed by atoms with Crippen molar-refractivity contribution >= 4 is 62.2 Å². The summed E-state index contributed by atoms with van der Waals surface area (Å²) < 4.78 is 15.8. The van der Waals surface area contributed by atoms with E-state index >= 15 is 0 Å². The Labute approximate surface area is 170 Å². The number of hydrogen-bond donors (Lipinski definition) is 1. The van der Waals surface area contributed by atoms with Gasteiger partial charge in [-0.2, -0.15) is 0 Å². The lowest BCUT2D eigenvalue weighted by Crippen LogP contribution is -2.15. The molecule has 0 saturated carbocycles. The predicted octanol–water partition coefficient (Wildman–Crippen LogP) is 5.71. The van der Waals surface area contributed by atoms with Crippen LogP contribution in [0.4, 0.5) is 10.2 Å². The molecule has 0 atom stereocenters. The maximum absolute atomic E-state index is 13.3. The molecule has 2 aromatic heterocycles. The number of nitrogens with zero attached hydrogens (tertiary/aromatic N) is 2. The number of aromatic nitrogens is 2. The first-order valence-corrected chi connectivity index (χ1v) is 9.84. The molecular weight excluding hydrogens is 488 g/mol. The van der Waals surface area contributed by atoms with Gasteiger partial charge < -0.3 is 5.32 Å². The average molecular weight is 498 g/mol. The zero-order valence-electron chi connectivity index (χ0n) is 13.0. The Morgan fingerprint density at radius 3 is 2.77 bits per heavy atom. The van der Waals surface area contributed by atoms with Crippen molar-refractivity contribution in [3.05, 3.63) is 74.0 Å². The molecule has 0 unspecified atom stereocenters. The highest BCUT2D eigenvalue weighted by molar-refractivity contribution is 14.1. The number of thiazole rings is 1. The van der Waals surface area contributed by atoms with E-state index in [-0.39, 0.29) is 11.7 Å². The Balaban J connectivity index is 1.79. The molecule has 130 valence electrons. The third-order valence-corrected chi connectivity index (χ3v) is 5.72. The molecule has 4 nitrogen and oxygen atoms in total. The fraction of sp³-hybridized carbons (Fsp3) is 0. The van der Waals surface area contributed by atoms with Crippen LogP contribution in [0.25, 0.3) is 16.2 Å². The largest absolute Gasteiger partial charge is 0.306 e. The van der Waals surface area contributed by atoms with Crippen LogP contribution in [0.2, 0.25) is 5.02 Å². The van der Waals surface area contributed by atoms with E-state index in [4.69, 9.17) is 11.6 Å². The molecule has 2 heterocycles. The normalized spacial score (nSPS) is 11.0. The van der Waals surface area contributed by atoms with Gasteiger partial charge >= 0.3 is 0 Å². The second kappa shape index (κ2) is 6.98. The molecule has 4 rings (SSSR count). The summed E-state index contributed by atoms with van der Waals surface area (Å²) in [5, 5.41) is 5.30. The summed E-state index contributed by atoms with van der Waals surface area (Å²) in [5.41, 5.74) is 1.79. The first-order valence-electron chi connectivity index (χ1n) is 7.51. The Bertz CT molecular complexity index is 1120.